The van der Waals surface area contributed by atoms with Crippen molar-refractivity contribution in [1.29, 1.82) is 0 Å². The Labute approximate surface area is 134 Å². The van der Waals surface area contributed by atoms with E-state index in [1.54, 1.807) is 6.07 Å². The van der Waals surface area contributed by atoms with Gasteiger partial charge in [0.15, 0.2) is 0 Å². The van der Waals surface area contributed by atoms with Gasteiger partial charge in [0.2, 0.25) is 5.91 Å². The lowest BCUT2D eigenvalue weighted by Gasteiger charge is -2.28. The molecule has 1 saturated heterocycles. The molecular formula is C17H22N4O2. The normalized spacial score (nSPS) is 21.3. The van der Waals surface area contributed by atoms with Crippen LogP contribution in [0, 0.1) is 0 Å². The Morgan fingerprint density at radius 2 is 2.26 bits per heavy atom. The highest BCUT2D eigenvalue weighted by atomic mass is 16.2. The Kier molecular flexibility index (Phi) is 4.71. The molecule has 1 aromatic carbocycles. The molecule has 0 radical (unpaired) electrons. The van der Waals surface area contributed by atoms with Gasteiger partial charge in [-0.05, 0) is 38.4 Å². The van der Waals surface area contributed by atoms with Crippen LogP contribution in [0.3, 0.4) is 0 Å². The van der Waals surface area contributed by atoms with E-state index in [0.29, 0.717) is 23.5 Å². The van der Waals surface area contributed by atoms with Crippen molar-refractivity contribution in [1.82, 2.24) is 20.2 Å². The number of nitrogens with zero attached hydrogens (tertiary/aromatic N) is 2. The summed E-state index contributed by atoms with van der Waals surface area (Å²) < 4.78 is 1.51. The van der Waals surface area contributed by atoms with Crippen molar-refractivity contribution in [2.45, 2.75) is 44.8 Å². The summed E-state index contributed by atoms with van der Waals surface area (Å²) in [6.07, 6.45) is 3.71. The number of para-hydroxylation sites is 1. The van der Waals surface area contributed by atoms with Crippen LogP contribution in [0.25, 0.3) is 10.9 Å². The first-order valence-corrected chi connectivity index (χ1v) is 8.10. The highest BCUT2D eigenvalue weighted by Gasteiger charge is 2.19. The molecular weight excluding hydrogens is 292 g/mol. The summed E-state index contributed by atoms with van der Waals surface area (Å²) in [5, 5.41) is 7.01. The fourth-order valence-corrected chi connectivity index (χ4v) is 3.05. The first-order valence-electron chi connectivity index (χ1n) is 8.10. The fraction of sp³-hybridized carbons (Fsp3) is 0.471. The van der Waals surface area contributed by atoms with Crippen LogP contribution in [-0.2, 0) is 11.3 Å². The molecule has 1 aliphatic rings. The molecule has 1 fully saturated rings. The van der Waals surface area contributed by atoms with Crippen molar-refractivity contribution >= 4 is 16.8 Å². The Morgan fingerprint density at radius 3 is 3.09 bits per heavy atom. The SMILES string of the molecule is CC1CC(NC(=O)CCn2cnc3ccccc3c2=O)CCN1. The molecule has 0 bridgehead atoms. The number of benzene rings is 1. The molecule has 0 aliphatic carbocycles. The number of nitrogens with one attached hydrogen (secondary N) is 2. The molecule has 3 rings (SSSR count). The number of aromatic nitrogens is 2. The van der Waals surface area contributed by atoms with E-state index in [0.717, 1.165) is 19.4 Å². The van der Waals surface area contributed by atoms with E-state index in [1.807, 2.05) is 18.2 Å². The number of carbonyl (C=O) groups is 1. The Morgan fingerprint density at radius 1 is 1.43 bits per heavy atom. The van der Waals surface area contributed by atoms with Crippen LogP contribution in [0.15, 0.2) is 35.4 Å². The van der Waals surface area contributed by atoms with Gasteiger partial charge in [-0.2, -0.15) is 0 Å². The van der Waals surface area contributed by atoms with Gasteiger partial charge in [0, 0.05) is 25.0 Å². The molecule has 0 spiro atoms. The summed E-state index contributed by atoms with van der Waals surface area (Å²) in [7, 11) is 0. The van der Waals surface area contributed by atoms with Crippen LogP contribution in [0.1, 0.15) is 26.2 Å². The van der Waals surface area contributed by atoms with Crippen LogP contribution in [-0.4, -0.2) is 34.1 Å². The Balaban J connectivity index is 1.61. The number of hydrogen-bond acceptors (Lipinski definition) is 4. The van der Waals surface area contributed by atoms with Crippen molar-refractivity contribution < 1.29 is 4.79 Å². The first kappa shape index (κ1) is 15.7. The quantitative estimate of drug-likeness (QED) is 0.884. The van der Waals surface area contributed by atoms with Crippen molar-refractivity contribution in [2.24, 2.45) is 0 Å². The lowest BCUT2D eigenvalue weighted by Crippen LogP contribution is -2.46. The van der Waals surface area contributed by atoms with Gasteiger partial charge in [-0.3, -0.25) is 14.2 Å². The topological polar surface area (TPSA) is 76.0 Å². The standard InChI is InChI=1S/C17H22N4O2/c1-12-10-13(6-8-18-12)20-16(22)7-9-21-11-19-15-5-3-2-4-14(15)17(21)23/h2-5,11-13,18H,6-10H2,1H3,(H,20,22). The molecule has 1 aromatic heterocycles. The molecule has 1 aliphatic heterocycles. The lowest BCUT2D eigenvalue weighted by atomic mass is 10.0. The molecule has 122 valence electrons. The Hall–Kier alpha value is -2.21. The third-order valence-corrected chi connectivity index (χ3v) is 4.30. The number of aryl methyl sites for hydroxylation is 1. The van der Waals surface area contributed by atoms with Crippen molar-refractivity contribution in [3.05, 3.63) is 40.9 Å². The number of hydrogen-bond donors (Lipinski definition) is 2. The van der Waals surface area contributed by atoms with Crippen LogP contribution in [0.5, 0.6) is 0 Å². The van der Waals surface area contributed by atoms with Crippen molar-refractivity contribution in [3.8, 4) is 0 Å². The monoisotopic (exact) mass is 314 g/mol. The minimum Gasteiger partial charge on any atom is -0.353 e. The number of amides is 1. The van der Waals surface area contributed by atoms with Gasteiger partial charge in [-0.15, -0.1) is 0 Å². The molecule has 6 nitrogen and oxygen atoms in total. The zero-order valence-corrected chi connectivity index (χ0v) is 13.3. The maximum atomic E-state index is 12.4. The van der Waals surface area contributed by atoms with E-state index >= 15 is 0 Å². The highest BCUT2D eigenvalue weighted by Crippen LogP contribution is 2.08. The first-order chi connectivity index (χ1) is 11.1. The number of piperidine rings is 1. The smallest absolute Gasteiger partial charge is 0.261 e. The molecule has 1 amide bonds. The van der Waals surface area contributed by atoms with E-state index in [4.69, 9.17) is 0 Å². The van der Waals surface area contributed by atoms with Crippen LogP contribution in [0.4, 0.5) is 0 Å². The molecule has 2 aromatic rings. The summed E-state index contributed by atoms with van der Waals surface area (Å²) in [6.45, 7) is 3.40. The highest BCUT2D eigenvalue weighted by molar-refractivity contribution is 5.77. The molecule has 2 unspecified atom stereocenters. The summed E-state index contributed by atoms with van der Waals surface area (Å²) in [6, 6.07) is 7.91. The second-order valence-electron chi connectivity index (χ2n) is 6.15. The molecule has 0 saturated carbocycles. The Bertz CT molecular complexity index is 756. The summed E-state index contributed by atoms with van der Waals surface area (Å²) in [4.78, 5) is 28.7. The van der Waals surface area contributed by atoms with Gasteiger partial charge in [0.05, 0.1) is 17.2 Å². The average Bonchev–Trinajstić information content (AvgIpc) is 2.54. The summed E-state index contributed by atoms with van der Waals surface area (Å²) in [5.74, 6) is -0.0100. The molecule has 2 N–H and O–H groups in total. The van der Waals surface area contributed by atoms with E-state index in [1.165, 1.54) is 10.9 Å². The van der Waals surface area contributed by atoms with E-state index < -0.39 is 0 Å². The largest absolute Gasteiger partial charge is 0.353 e. The second-order valence-corrected chi connectivity index (χ2v) is 6.15. The van der Waals surface area contributed by atoms with E-state index in [2.05, 4.69) is 22.5 Å². The number of carbonyl (C=O) groups excluding carboxylic acids is 1. The fourth-order valence-electron chi connectivity index (χ4n) is 3.05. The third kappa shape index (κ3) is 3.76. The van der Waals surface area contributed by atoms with Crippen molar-refractivity contribution in [2.75, 3.05) is 6.54 Å². The van der Waals surface area contributed by atoms with Gasteiger partial charge in [0.25, 0.3) is 5.56 Å². The van der Waals surface area contributed by atoms with Crippen LogP contribution >= 0.6 is 0 Å². The molecule has 6 heteroatoms. The molecule has 2 atom stereocenters. The predicted octanol–water partition coefficient (Wildman–Crippen LogP) is 1.04. The average molecular weight is 314 g/mol. The van der Waals surface area contributed by atoms with Crippen LogP contribution in [0.2, 0.25) is 0 Å². The predicted molar refractivity (Wildman–Crippen MR) is 89.2 cm³/mol. The zero-order valence-electron chi connectivity index (χ0n) is 13.3. The second kappa shape index (κ2) is 6.91. The minimum atomic E-state index is -0.0983. The molecule has 23 heavy (non-hydrogen) atoms. The molecule has 2 heterocycles. The van der Waals surface area contributed by atoms with Gasteiger partial charge in [-0.25, -0.2) is 4.98 Å². The summed E-state index contributed by atoms with van der Waals surface area (Å²) >= 11 is 0. The van der Waals surface area contributed by atoms with Gasteiger partial charge < -0.3 is 10.6 Å². The lowest BCUT2D eigenvalue weighted by molar-refractivity contribution is -0.122. The van der Waals surface area contributed by atoms with Crippen LogP contribution < -0.4 is 16.2 Å². The van der Waals surface area contributed by atoms with E-state index in [9.17, 15) is 9.59 Å². The van der Waals surface area contributed by atoms with Gasteiger partial charge in [0.1, 0.15) is 0 Å². The van der Waals surface area contributed by atoms with E-state index in [-0.39, 0.29) is 23.9 Å². The van der Waals surface area contributed by atoms with Gasteiger partial charge in [-0.1, -0.05) is 12.1 Å². The maximum Gasteiger partial charge on any atom is 0.261 e. The minimum absolute atomic E-state index is 0.0100. The summed E-state index contributed by atoms with van der Waals surface area (Å²) in [5.41, 5.74) is 0.584. The number of rotatable bonds is 4. The third-order valence-electron chi connectivity index (χ3n) is 4.30. The number of fused-ring (bicyclic) bond motifs is 1. The van der Waals surface area contributed by atoms with Gasteiger partial charge >= 0.3 is 0 Å². The van der Waals surface area contributed by atoms with Crippen molar-refractivity contribution in [3.63, 3.8) is 0 Å². The zero-order chi connectivity index (χ0) is 16.2. The maximum absolute atomic E-state index is 12.4.